The van der Waals surface area contributed by atoms with Gasteiger partial charge in [-0.25, -0.2) is 4.98 Å². The van der Waals surface area contributed by atoms with Gasteiger partial charge >= 0.3 is 0 Å². The van der Waals surface area contributed by atoms with Crippen LogP contribution in [0.15, 0.2) is 35.1 Å². The molecule has 3 rings (SSSR count). The fraction of sp³-hybridized carbons (Fsp3) is 0.333. The number of aromatic nitrogens is 2. The number of hydrogen-bond donors (Lipinski definition) is 1. The Labute approximate surface area is 111 Å². The molecule has 2 aromatic rings. The minimum atomic E-state index is -0.0989. The van der Waals surface area contributed by atoms with Crippen molar-refractivity contribution in [1.29, 1.82) is 0 Å². The Morgan fingerprint density at radius 1 is 1.37 bits per heavy atom. The molecule has 0 amide bonds. The number of H-pyrrole nitrogens is 1. The van der Waals surface area contributed by atoms with Crippen LogP contribution >= 0.6 is 0 Å². The maximum absolute atomic E-state index is 11.7. The van der Waals surface area contributed by atoms with Crippen molar-refractivity contribution < 1.29 is 4.74 Å². The van der Waals surface area contributed by atoms with Crippen molar-refractivity contribution in [1.82, 2.24) is 9.97 Å². The van der Waals surface area contributed by atoms with Crippen molar-refractivity contribution in [2.75, 3.05) is 6.61 Å². The van der Waals surface area contributed by atoms with E-state index in [0.29, 0.717) is 18.3 Å². The molecule has 1 heterocycles. The zero-order chi connectivity index (χ0) is 13.2. The van der Waals surface area contributed by atoms with E-state index in [2.05, 4.69) is 9.97 Å². The lowest BCUT2D eigenvalue weighted by molar-refractivity contribution is 0.341. The molecular weight excluding hydrogens is 240 g/mol. The third kappa shape index (κ3) is 2.52. The topological polar surface area (TPSA) is 55.0 Å². The molecule has 1 saturated carbocycles. The first-order chi connectivity index (χ1) is 9.28. The Balaban J connectivity index is 2.08. The second-order valence-corrected chi connectivity index (χ2v) is 4.72. The molecule has 1 aromatic heterocycles. The monoisotopic (exact) mass is 256 g/mol. The van der Waals surface area contributed by atoms with Crippen LogP contribution in [0.2, 0.25) is 0 Å². The van der Waals surface area contributed by atoms with E-state index in [1.54, 1.807) is 6.07 Å². The van der Waals surface area contributed by atoms with Gasteiger partial charge < -0.3 is 9.72 Å². The SMILES string of the molecule is CCOc1ccccc1-c1nc(C2CC2)cc(=O)[nH]1. The summed E-state index contributed by atoms with van der Waals surface area (Å²) < 4.78 is 5.59. The van der Waals surface area contributed by atoms with Gasteiger partial charge in [0.25, 0.3) is 5.56 Å². The van der Waals surface area contributed by atoms with Gasteiger partial charge in [0.1, 0.15) is 11.6 Å². The maximum Gasteiger partial charge on any atom is 0.251 e. The maximum atomic E-state index is 11.7. The highest BCUT2D eigenvalue weighted by Gasteiger charge is 2.26. The molecule has 98 valence electrons. The van der Waals surface area contributed by atoms with E-state index in [1.807, 2.05) is 31.2 Å². The van der Waals surface area contributed by atoms with Crippen LogP contribution in [0, 0.1) is 0 Å². The summed E-state index contributed by atoms with van der Waals surface area (Å²) >= 11 is 0. The molecule has 1 aromatic carbocycles. The number of ether oxygens (including phenoxy) is 1. The smallest absolute Gasteiger partial charge is 0.251 e. The molecule has 0 unspecified atom stereocenters. The van der Waals surface area contributed by atoms with E-state index < -0.39 is 0 Å². The summed E-state index contributed by atoms with van der Waals surface area (Å²) in [5.41, 5.74) is 1.63. The number of aromatic amines is 1. The number of hydrogen-bond acceptors (Lipinski definition) is 3. The van der Waals surface area contributed by atoms with Crippen molar-refractivity contribution >= 4 is 0 Å². The van der Waals surface area contributed by atoms with Crippen LogP contribution in [-0.2, 0) is 0 Å². The van der Waals surface area contributed by atoms with E-state index in [0.717, 1.165) is 29.8 Å². The quantitative estimate of drug-likeness (QED) is 0.915. The van der Waals surface area contributed by atoms with Crippen LogP contribution in [0.3, 0.4) is 0 Å². The number of rotatable bonds is 4. The van der Waals surface area contributed by atoms with Crippen LogP contribution in [0.1, 0.15) is 31.4 Å². The van der Waals surface area contributed by atoms with E-state index in [4.69, 9.17) is 4.74 Å². The lowest BCUT2D eigenvalue weighted by Gasteiger charge is -2.09. The predicted molar refractivity (Wildman–Crippen MR) is 73.4 cm³/mol. The van der Waals surface area contributed by atoms with E-state index in [1.165, 1.54) is 0 Å². The first-order valence-electron chi connectivity index (χ1n) is 6.61. The molecule has 1 aliphatic carbocycles. The van der Waals surface area contributed by atoms with Crippen molar-refractivity contribution in [2.45, 2.75) is 25.7 Å². The van der Waals surface area contributed by atoms with Gasteiger partial charge in [-0.2, -0.15) is 0 Å². The molecule has 1 N–H and O–H groups in total. The average molecular weight is 256 g/mol. The van der Waals surface area contributed by atoms with Crippen LogP contribution in [0.4, 0.5) is 0 Å². The molecule has 4 nitrogen and oxygen atoms in total. The average Bonchev–Trinajstić information content (AvgIpc) is 3.23. The summed E-state index contributed by atoms with van der Waals surface area (Å²) in [5, 5.41) is 0. The fourth-order valence-electron chi connectivity index (χ4n) is 2.14. The normalized spacial score (nSPS) is 14.4. The molecule has 19 heavy (non-hydrogen) atoms. The van der Waals surface area contributed by atoms with Gasteiger partial charge in [0, 0.05) is 12.0 Å². The zero-order valence-electron chi connectivity index (χ0n) is 10.8. The molecule has 0 bridgehead atoms. The summed E-state index contributed by atoms with van der Waals surface area (Å²) in [6, 6.07) is 9.24. The van der Waals surface area contributed by atoms with E-state index >= 15 is 0 Å². The van der Waals surface area contributed by atoms with Crippen molar-refractivity contribution in [3.8, 4) is 17.1 Å². The summed E-state index contributed by atoms with van der Waals surface area (Å²) in [6.45, 7) is 2.52. The largest absolute Gasteiger partial charge is 0.493 e. The van der Waals surface area contributed by atoms with Gasteiger partial charge in [-0.05, 0) is 31.9 Å². The van der Waals surface area contributed by atoms with Crippen molar-refractivity contribution in [2.24, 2.45) is 0 Å². The highest BCUT2D eigenvalue weighted by atomic mass is 16.5. The molecule has 0 aliphatic heterocycles. The molecule has 1 aliphatic rings. The highest BCUT2D eigenvalue weighted by Crippen LogP contribution is 2.39. The van der Waals surface area contributed by atoms with Crippen LogP contribution in [-0.4, -0.2) is 16.6 Å². The van der Waals surface area contributed by atoms with Gasteiger partial charge in [0.2, 0.25) is 0 Å². The van der Waals surface area contributed by atoms with Crippen LogP contribution in [0.5, 0.6) is 5.75 Å². The lowest BCUT2D eigenvalue weighted by Crippen LogP contribution is -2.10. The van der Waals surface area contributed by atoms with Crippen LogP contribution < -0.4 is 10.3 Å². The summed E-state index contributed by atoms with van der Waals surface area (Å²) in [5.74, 6) is 1.81. The fourth-order valence-corrected chi connectivity index (χ4v) is 2.14. The molecule has 1 fully saturated rings. The van der Waals surface area contributed by atoms with Gasteiger partial charge in [-0.3, -0.25) is 4.79 Å². The third-order valence-corrected chi connectivity index (χ3v) is 3.20. The number of para-hydroxylation sites is 1. The van der Waals surface area contributed by atoms with E-state index in [9.17, 15) is 4.79 Å². The lowest BCUT2D eigenvalue weighted by atomic mass is 10.1. The predicted octanol–water partition coefficient (Wildman–Crippen LogP) is 2.71. The second kappa shape index (κ2) is 4.88. The zero-order valence-corrected chi connectivity index (χ0v) is 10.8. The molecular formula is C15H16N2O2. The first-order valence-corrected chi connectivity index (χ1v) is 6.61. The number of benzene rings is 1. The first kappa shape index (κ1) is 12.0. The molecule has 0 saturated heterocycles. The standard InChI is InChI=1S/C15H16N2O2/c1-2-19-13-6-4-3-5-11(13)15-16-12(10-7-8-10)9-14(18)17-15/h3-6,9-10H,2,7-8H2,1H3,(H,16,17,18). The minimum absolute atomic E-state index is 0.0989. The Kier molecular flexibility index (Phi) is 3.07. The minimum Gasteiger partial charge on any atom is -0.493 e. The molecule has 0 radical (unpaired) electrons. The second-order valence-electron chi connectivity index (χ2n) is 4.72. The van der Waals surface area contributed by atoms with Gasteiger partial charge in [0.15, 0.2) is 0 Å². The van der Waals surface area contributed by atoms with Gasteiger partial charge in [-0.15, -0.1) is 0 Å². The summed E-state index contributed by atoms with van der Waals surface area (Å²) in [6.07, 6.45) is 2.26. The Morgan fingerprint density at radius 3 is 2.89 bits per heavy atom. The summed E-state index contributed by atoms with van der Waals surface area (Å²) in [7, 11) is 0. The van der Waals surface area contributed by atoms with E-state index in [-0.39, 0.29) is 5.56 Å². The summed E-state index contributed by atoms with van der Waals surface area (Å²) in [4.78, 5) is 19.1. The van der Waals surface area contributed by atoms with Crippen LogP contribution in [0.25, 0.3) is 11.4 Å². The number of nitrogens with zero attached hydrogens (tertiary/aromatic N) is 1. The third-order valence-electron chi connectivity index (χ3n) is 3.20. The van der Waals surface area contributed by atoms with Gasteiger partial charge in [-0.1, -0.05) is 12.1 Å². The Hall–Kier alpha value is -2.10. The van der Waals surface area contributed by atoms with Crippen molar-refractivity contribution in [3.05, 3.63) is 46.4 Å². The Morgan fingerprint density at radius 2 is 2.16 bits per heavy atom. The highest BCUT2D eigenvalue weighted by molar-refractivity contribution is 5.63. The van der Waals surface area contributed by atoms with Crippen molar-refractivity contribution in [3.63, 3.8) is 0 Å². The molecule has 4 heteroatoms. The molecule has 0 spiro atoms. The number of nitrogens with one attached hydrogen (secondary N) is 1. The Bertz CT molecular complexity index is 645. The molecule has 0 atom stereocenters. The van der Waals surface area contributed by atoms with Gasteiger partial charge in [0.05, 0.1) is 17.9 Å².